The summed E-state index contributed by atoms with van der Waals surface area (Å²) in [5.41, 5.74) is 5.07. The molecule has 0 aliphatic rings. The smallest absolute Gasteiger partial charge is 0.257 e. The van der Waals surface area contributed by atoms with E-state index in [1.165, 1.54) is 18.3 Å². The van der Waals surface area contributed by atoms with E-state index >= 15 is 4.39 Å². The molecule has 12 heteroatoms. The van der Waals surface area contributed by atoms with Gasteiger partial charge in [0.05, 0.1) is 29.3 Å². The maximum Gasteiger partial charge on any atom is 0.257 e. The van der Waals surface area contributed by atoms with Crippen LogP contribution < -0.4 is 15.8 Å². The Labute approximate surface area is 171 Å². The lowest BCUT2D eigenvalue weighted by atomic mass is 10.1. The molecule has 1 aromatic carbocycles. The molecule has 0 fully saturated rings. The molecule has 1 amide bonds. The highest BCUT2D eigenvalue weighted by Gasteiger charge is 2.21. The molecule has 0 unspecified atom stereocenters. The third-order valence-corrected chi connectivity index (χ3v) is 5.49. The predicted molar refractivity (Wildman–Crippen MR) is 110 cm³/mol. The van der Waals surface area contributed by atoms with Gasteiger partial charge in [-0.25, -0.2) is 27.6 Å². The second-order valence-electron chi connectivity index (χ2n) is 6.12. The molecule has 2 heterocycles. The van der Waals surface area contributed by atoms with Crippen LogP contribution in [0.1, 0.15) is 23.7 Å². The molecule has 0 aliphatic heterocycles. The van der Waals surface area contributed by atoms with Gasteiger partial charge in [0.1, 0.15) is 17.4 Å². The fourth-order valence-corrected chi connectivity index (χ4v) is 3.82. The van der Waals surface area contributed by atoms with Crippen molar-refractivity contribution < 1.29 is 17.6 Å². The fraction of sp³-hybridized carbons (Fsp3) is 0.167. The number of hydrogen-bond donors (Lipinski definition) is 3. The minimum atomic E-state index is -3.78. The number of carbonyl (C=O) groups is 1. The first-order chi connectivity index (χ1) is 14.3. The molecular weight excluding hydrogens is 413 g/mol. The van der Waals surface area contributed by atoms with Crippen LogP contribution in [0.15, 0.2) is 30.7 Å². The number of rotatable bonds is 6. The van der Waals surface area contributed by atoms with E-state index in [4.69, 9.17) is 12.3 Å². The molecule has 0 saturated carbocycles. The van der Waals surface area contributed by atoms with Crippen molar-refractivity contribution in [3.05, 3.63) is 53.5 Å². The highest BCUT2D eigenvalue weighted by Crippen LogP contribution is 2.34. The van der Waals surface area contributed by atoms with Crippen LogP contribution in [0.3, 0.4) is 0 Å². The molecule has 0 radical (unpaired) electrons. The quantitative estimate of drug-likeness (QED) is 0.511. The van der Waals surface area contributed by atoms with Crippen molar-refractivity contribution in [3.63, 3.8) is 0 Å². The Morgan fingerprint density at radius 3 is 2.70 bits per heavy atom. The number of nitrogen functional groups attached to an aromatic ring is 1. The molecule has 0 spiro atoms. The molecule has 3 rings (SSSR count). The van der Waals surface area contributed by atoms with Gasteiger partial charge in [-0.05, 0) is 18.6 Å². The first-order valence-electron chi connectivity index (χ1n) is 8.64. The Hall–Kier alpha value is -3.85. The molecule has 0 bridgehead atoms. The van der Waals surface area contributed by atoms with E-state index in [0.29, 0.717) is 6.42 Å². The highest BCUT2D eigenvalue weighted by atomic mass is 32.2. The number of halogens is 1. The lowest BCUT2D eigenvalue weighted by Crippen LogP contribution is -2.19. The van der Waals surface area contributed by atoms with Crippen molar-refractivity contribution in [2.45, 2.75) is 13.3 Å². The van der Waals surface area contributed by atoms with Crippen molar-refractivity contribution >= 4 is 49.8 Å². The standard InChI is InChI=1S/C18H16FN7O3S/c1-3-8-30(28,29)26-11-4-5-12(21-2)15(13(11)19)25-18(27)10-6-7-22-16-14(10)23-9-24-17(16)20/h4-7,9,26H,3,8H2,1H3,(H,25,27)(H2,20,23,24). The van der Waals surface area contributed by atoms with Crippen LogP contribution in [0.2, 0.25) is 0 Å². The summed E-state index contributed by atoms with van der Waals surface area (Å²) in [5.74, 6) is -2.00. The Morgan fingerprint density at radius 1 is 1.23 bits per heavy atom. The van der Waals surface area contributed by atoms with Gasteiger partial charge < -0.3 is 11.1 Å². The van der Waals surface area contributed by atoms with E-state index in [0.717, 1.165) is 12.4 Å². The Kier molecular flexibility index (Phi) is 5.74. The van der Waals surface area contributed by atoms with Gasteiger partial charge >= 0.3 is 0 Å². The van der Waals surface area contributed by atoms with Crippen LogP contribution >= 0.6 is 0 Å². The number of pyridine rings is 1. The first-order valence-corrected chi connectivity index (χ1v) is 10.3. The monoisotopic (exact) mass is 429 g/mol. The lowest BCUT2D eigenvalue weighted by molar-refractivity contribution is 0.102. The molecule has 2 aromatic heterocycles. The van der Waals surface area contributed by atoms with Crippen LogP contribution in [0.25, 0.3) is 15.9 Å². The molecule has 0 saturated heterocycles. The summed E-state index contributed by atoms with van der Waals surface area (Å²) in [7, 11) is -3.78. The third kappa shape index (κ3) is 4.11. The molecular formula is C18H16FN7O3S. The third-order valence-electron chi connectivity index (χ3n) is 4.01. The van der Waals surface area contributed by atoms with Crippen LogP contribution in [-0.4, -0.2) is 35.0 Å². The molecule has 154 valence electrons. The number of benzene rings is 1. The second kappa shape index (κ2) is 8.26. The molecule has 3 aromatic rings. The van der Waals surface area contributed by atoms with Crippen LogP contribution in [-0.2, 0) is 10.0 Å². The Morgan fingerprint density at radius 2 is 2.00 bits per heavy atom. The maximum absolute atomic E-state index is 15.0. The summed E-state index contributed by atoms with van der Waals surface area (Å²) in [6.07, 6.45) is 2.81. The normalized spacial score (nSPS) is 11.1. The average Bonchev–Trinajstić information content (AvgIpc) is 2.70. The number of sulfonamides is 1. The number of nitrogens with two attached hydrogens (primary N) is 1. The zero-order chi connectivity index (χ0) is 21.9. The topological polar surface area (TPSA) is 144 Å². The van der Waals surface area contributed by atoms with Crippen molar-refractivity contribution in [1.82, 2.24) is 15.0 Å². The number of aromatic nitrogens is 3. The van der Waals surface area contributed by atoms with Gasteiger partial charge in [-0.2, -0.15) is 0 Å². The van der Waals surface area contributed by atoms with E-state index in [-0.39, 0.29) is 39.5 Å². The van der Waals surface area contributed by atoms with Gasteiger partial charge in [-0.1, -0.05) is 13.0 Å². The average molecular weight is 429 g/mol. The number of amides is 1. The largest absolute Gasteiger partial charge is 0.382 e. The Bertz CT molecular complexity index is 1290. The molecule has 10 nitrogen and oxygen atoms in total. The van der Waals surface area contributed by atoms with Crippen molar-refractivity contribution in [2.24, 2.45) is 0 Å². The SMILES string of the molecule is [C-]#[N+]c1ccc(NS(=O)(=O)CCC)c(F)c1NC(=O)c1ccnc2c(N)ncnc12. The van der Waals surface area contributed by atoms with Gasteiger partial charge in [0.2, 0.25) is 15.7 Å². The lowest BCUT2D eigenvalue weighted by Gasteiger charge is -2.14. The van der Waals surface area contributed by atoms with E-state index in [2.05, 4.69) is 29.8 Å². The van der Waals surface area contributed by atoms with E-state index < -0.39 is 27.4 Å². The summed E-state index contributed by atoms with van der Waals surface area (Å²) >= 11 is 0. The van der Waals surface area contributed by atoms with E-state index in [9.17, 15) is 13.2 Å². The molecule has 30 heavy (non-hydrogen) atoms. The zero-order valence-corrected chi connectivity index (χ0v) is 16.5. The summed E-state index contributed by atoms with van der Waals surface area (Å²) < 4.78 is 41.1. The number of anilines is 3. The zero-order valence-electron chi connectivity index (χ0n) is 15.7. The van der Waals surface area contributed by atoms with Gasteiger partial charge in [-0.15, -0.1) is 0 Å². The molecule has 0 aliphatic carbocycles. The maximum atomic E-state index is 15.0. The summed E-state index contributed by atoms with van der Waals surface area (Å²) in [6, 6.07) is 3.69. The van der Waals surface area contributed by atoms with Crippen LogP contribution in [0.4, 0.5) is 27.3 Å². The minimum Gasteiger partial charge on any atom is -0.382 e. The van der Waals surface area contributed by atoms with Gasteiger partial charge in [0.15, 0.2) is 11.6 Å². The van der Waals surface area contributed by atoms with Gasteiger partial charge in [0.25, 0.3) is 5.91 Å². The first kappa shape index (κ1) is 20.9. The number of nitrogens with zero attached hydrogens (tertiary/aromatic N) is 4. The van der Waals surface area contributed by atoms with Gasteiger partial charge in [0, 0.05) is 6.20 Å². The number of hydrogen-bond acceptors (Lipinski definition) is 7. The number of nitrogens with one attached hydrogen (secondary N) is 2. The van der Waals surface area contributed by atoms with Crippen molar-refractivity contribution in [2.75, 3.05) is 21.5 Å². The van der Waals surface area contributed by atoms with Crippen molar-refractivity contribution in [1.29, 1.82) is 0 Å². The fourth-order valence-electron chi connectivity index (χ4n) is 2.69. The summed E-state index contributed by atoms with van der Waals surface area (Å²) in [4.78, 5) is 27.8. The highest BCUT2D eigenvalue weighted by molar-refractivity contribution is 7.92. The number of carbonyl (C=O) groups excluding carboxylic acids is 1. The van der Waals surface area contributed by atoms with E-state index in [1.807, 2.05) is 0 Å². The Balaban J connectivity index is 2.02. The number of fused-ring (bicyclic) bond motifs is 1. The second-order valence-corrected chi connectivity index (χ2v) is 7.96. The summed E-state index contributed by atoms with van der Waals surface area (Å²) in [5, 5.41) is 2.32. The van der Waals surface area contributed by atoms with Crippen molar-refractivity contribution in [3.8, 4) is 0 Å². The summed E-state index contributed by atoms with van der Waals surface area (Å²) in [6.45, 7) is 8.89. The predicted octanol–water partition coefficient (Wildman–Crippen LogP) is 2.70. The van der Waals surface area contributed by atoms with Crippen LogP contribution in [0, 0.1) is 12.4 Å². The minimum absolute atomic E-state index is 0.0291. The van der Waals surface area contributed by atoms with E-state index in [1.54, 1.807) is 6.92 Å². The molecule has 4 N–H and O–H groups in total. The van der Waals surface area contributed by atoms with Crippen LogP contribution in [0.5, 0.6) is 0 Å². The van der Waals surface area contributed by atoms with Gasteiger partial charge in [-0.3, -0.25) is 14.5 Å². The molecule has 0 atom stereocenters.